The standard InChI is InChI=1S/C16H15ClN2O2S/c17-11-4-5-14(20)13(9-11)16-19(15(21)6-8-22-16)10-12-3-1-2-7-18-12/h1-5,7,9,16,20H,6,8,10H2. The van der Waals surface area contributed by atoms with E-state index in [0.717, 1.165) is 11.4 Å². The van der Waals surface area contributed by atoms with Crippen LogP contribution in [-0.2, 0) is 11.3 Å². The summed E-state index contributed by atoms with van der Waals surface area (Å²) in [5.74, 6) is 0.949. The predicted molar refractivity (Wildman–Crippen MR) is 87.7 cm³/mol. The van der Waals surface area contributed by atoms with Crippen LogP contribution in [0.25, 0.3) is 0 Å². The molecule has 6 heteroatoms. The van der Waals surface area contributed by atoms with Crippen LogP contribution >= 0.6 is 23.4 Å². The maximum atomic E-state index is 12.3. The quantitative estimate of drug-likeness (QED) is 0.931. The fraction of sp³-hybridized carbons (Fsp3) is 0.250. The van der Waals surface area contributed by atoms with Crippen LogP contribution in [0.3, 0.4) is 0 Å². The highest BCUT2D eigenvalue weighted by molar-refractivity contribution is 7.99. The van der Waals surface area contributed by atoms with E-state index < -0.39 is 0 Å². The molecule has 3 rings (SSSR count). The molecule has 2 aromatic rings. The molecule has 2 heterocycles. The van der Waals surface area contributed by atoms with Gasteiger partial charge in [-0.15, -0.1) is 11.8 Å². The van der Waals surface area contributed by atoms with Crippen molar-refractivity contribution in [2.24, 2.45) is 0 Å². The lowest BCUT2D eigenvalue weighted by molar-refractivity contribution is -0.132. The van der Waals surface area contributed by atoms with Gasteiger partial charge in [-0.1, -0.05) is 17.7 Å². The lowest BCUT2D eigenvalue weighted by atomic mass is 10.1. The second-order valence-electron chi connectivity index (χ2n) is 5.02. The molecular formula is C16H15ClN2O2S. The number of nitrogens with zero attached hydrogens (tertiary/aromatic N) is 2. The van der Waals surface area contributed by atoms with Crippen LogP contribution in [0, 0.1) is 0 Å². The minimum Gasteiger partial charge on any atom is -0.508 e. The van der Waals surface area contributed by atoms with Gasteiger partial charge in [-0.25, -0.2) is 0 Å². The SMILES string of the molecule is O=C1CCSC(c2cc(Cl)ccc2O)N1Cc1ccccn1. The molecule has 0 saturated carbocycles. The van der Waals surface area contributed by atoms with Crippen molar-refractivity contribution >= 4 is 29.3 Å². The first-order valence-corrected chi connectivity index (χ1v) is 8.37. The van der Waals surface area contributed by atoms with Crippen molar-refractivity contribution in [3.63, 3.8) is 0 Å². The Hall–Kier alpha value is -1.72. The third-order valence-corrected chi connectivity index (χ3v) is 5.01. The van der Waals surface area contributed by atoms with E-state index >= 15 is 0 Å². The molecule has 1 aliphatic rings. The zero-order valence-corrected chi connectivity index (χ0v) is 13.3. The van der Waals surface area contributed by atoms with Crippen LogP contribution < -0.4 is 0 Å². The largest absolute Gasteiger partial charge is 0.508 e. The maximum Gasteiger partial charge on any atom is 0.224 e. The van der Waals surface area contributed by atoms with E-state index in [-0.39, 0.29) is 17.0 Å². The summed E-state index contributed by atoms with van der Waals surface area (Å²) in [6, 6.07) is 10.6. The summed E-state index contributed by atoms with van der Waals surface area (Å²) in [5, 5.41) is 10.4. The van der Waals surface area contributed by atoms with Crippen LogP contribution in [0.1, 0.15) is 23.1 Å². The molecule has 1 unspecified atom stereocenters. The highest BCUT2D eigenvalue weighted by Gasteiger charge is 2.31. The molecule has 1 aromatic carbocycles. The number of pyridine rings is 1. The second-order valence-corrected chi connectivity index (χ2v) is 6.64. The van der Waals surface area contributed by atoms with Crippen molar-refractivity contribution in [2.75, 3.05) is 5.75 Å². The zero-order valence-electron chi connectivity index (χ0n) is 11.8. The number of carbonyl (C=O) groups excluding carboxylic acids is 1. The highest BCUT2D eigenvalue weighted by Crippen LogP contribution is 2.42. The first-order chi connectivity index (χ1) is 10.6. The van der Waals surface area contributed by atoms with E-state index in [1.54, 1.807) is 41.1 Å². The van der Waals surface area contributed by atoms with Gasteiger partial charge in [0.15, 0.2) is 0 Å². The number of hydrogen-bond acceptors (Lipinski definition) is 4. The fourth-order valence-electron chi connectivity index (χ4n) is 2.44. The normalized spacial score (nSPS) is 18.5. The van der Waals surface area contributed by atoms with Gasteiger partial charge in [0.1, 0.15) is 11.1 Å². The molecule has 114 valence electrons. The minimum absolute atomic E-state index is 0.0637. The Bertz CT molecular complexity index is 681. The van der Waals surface area contributed by atoms with Crippen molar-refractivity contribution in [3.8, 4) is 5.75 Å². The van der Waals surface area contributed by atoms with Crippen LogP contribution in [-0.4, -0.2) is 26.7 Å². The molecule has 1 saturated heterocycles. The molecule has 22 heavy (non-hydrogen) atoms. The van der Waals surface area contributed by atoms with Crippen LogP contribution in [0.5, 0.6) is 5.75 Å². The lowest BCUT2D eigenvalue weighted by Gasteiger charge is -2.35. The van der Waals surface area contributed by atoms with E-state index in [2.05, 4.69) is 4.98 Å². The monoisotopic (exact) mass is 334 g/mol. The van der Waals surface area contributed by atoms with Gasteiger partial charge >= 0.3 is 0 Å². The van der Waals surface area contributed by atoms with E-state index in [4.69, 9.17) is 11.6 Å². The van der Waals surface area contributed by atoms with Gasteiger partial charge in [0.2, 0.25) is 5.91 Å². The average Bonchev–Trinajstić information content (AvgIpc) is 2.53. The van der Waals surface area contributed by atoms with E-state index in [9.17, 15) is 9.90 Å². The fourth-order valence-corrected chi connectivity index (χ4v) is 3.88. The number of aromatic hydroxyl groups is 1. The summed E-state index contributed by atoms with van der Waals surface area (Å²) in [5.41, 5.74) is 1.49. The Labute approximate surface area is 138 Å². The number of phenolic OH excluding ortho intramolecular Hbond substituents is 1. The van der Waals surface area contributed by atoms with Gasteiger partial charge in [-0.05, 0) is 30.3 Å². The molecule has 1 fully saturated rings. The Kier molecular flexibility index (Phi) is 4.55. The van der Waals surface area contributed by atoms with Crippen molar-refractivity contribution in [1.29, 1.82) is 0 Å². The third kappa shape index (κ3) is 3.20. The molecule has 1 atom stereocenters. The summed E-state index contributed by atoms with van der Waals surface area (Å²) in [4.78, 5) is 18.4. The van der Waals surface area contributed by atoms with E-state index in [0.29, 0.717) is 23.6 Å². The summed E-state index contributed by atoms with van der Waals surface area (Å²) in [7, 11) is 0. The van der Waals surface area contributed by atoms with Gasteiger partial charge in [-0.2, -0.15) is 0 Å². The molecule has 1 aromatic heterocycles. The topological polar surface area (TPSA) is 53.4 Å². The van der Waals surface area contributed by atoms with Gasteiger partial charge in [-0.3, -0.25) is 9.78 Å². The number of phenols is 1. The number of carbonyl (C=O) groups is 1. The Morgan fingerprint density at radius 1 is 1.36 bits per heavy atom. The Morgan fingerprint density at radius 3 is 3.00 bits per heavy atom. The summed E-state index contributed by atoms with van der Waals surface area (Å²) >= 11 is 7.67. The molecule has 1 N–H and O–H groups in total. The molecule has 1 amide bonds. The predicted octanol–water partition coefficient (Wildman–Crippen LogP) is 3.60. The Balaban J connectivity index is 1.93. The lowest BCUT2D eigenvalue weighted by Crippen LogP contribution is -2.37. The van der Waals surface area contributed by atoms with Crippen molar-refractivity contribution < 1.29 is 9.90 Å². The average molecular weight is 335 g/mol. The third-order valence-electron chi connectivity index (χ3n) is 3.51. The van der Waals surface area contributed by atoms with Gasteiger partial charge in [0.25, 0.3) is 0 Å². The first-order valence-electron chi connectivity index (χ1n) is 6.94. The smallest absolute Gasteiger partial charge is 0.224 e. The Morgan fingerprint density at radius 2 is 2.23 bits per heavy atom. The number of aromatic nitrogens is 1. The number of thioether (sulfide) groups is 1. The number of halogens is 1. The molecule has 1 aliphatic heterocycles. The van der Waals surface area contributed by atoms with E-state index in [1.807, 2.05) is 18.2 Å². The summed E-state index contributed by atoms with van der Waals surface area (Å²) in [6.45, 7) is 0.420. The second kappa shape index (κ2) is 6.58. The van der Waals surface area contributed by atoms with Gasteiger partial charge in [0, 0.05) is 29.0 Å². The molecule has 0 aliphatic carbocycles. The van der Waals surface area contributed by atoms with Crippen LogP contribution in [0.2, 0.25) is 5.02 Å². The highest BCUT2D eigenvalue weighted by atomic mass is 35.5. The van der Waals surface area contributed by atoms with Gasteiger partial charge in [0.05, 0.1) is 12.2 Å². The number of amides is 1. The summed E-state index contributed by atoms with van der Waals surface area (Å²) in [6.07, 6.45) is 2.21. The summed E-state index contributed by atoms with van der Waals surface area (Å²) < 4.78 is 0. The number of hydrogen-bond donors (Lipinski definition) is 1. The molecule has 0 radical (unpaired) electrons. The van der Waals surface area contributed by atoms with Gasteiger partial charge < -0.3 is 10.0 Å². The van der Waals surface area contributed by atoms with Crippen molar-refractivity contribution in [1.82, 2.24) is 9.88 Å². The maximum absolute atomic E-state index is 12.3. The molecular weight excluding hydrogens is 320 g/mol. The molecule has 4 nitrogen and oxygen atoms in total. The zero-order chi connectivity index (χ0) is 15.5. The number of rotatable bonds is 3. The van der Waals surface area contributed by atoms with Crippen molar-refractivity contribution in [3.05, 3.63) is 58.9 Å². The molecule has 0 bridgehead atoms. The van der Waals surface area contributed by atoms with Crippen LogP contribution in [0.4, 0.5) is 0 Å². The first kappa shape index (κ1) is 15.2. The van der Waals surface area contributed by atoms with Crippen LogP contribution in [0.15, 0.2) is 42.6 Å². The van der Waals surface area contributed by atoms with E-state index in [1.165, 1.54) is 0 Å². The minimum atomic E-state index is -0.248. The van der Waals surface area contributed by atoms with Crippen molar-refractivity contribution in [2.45, 2.75) is 18.3 Å². The molecule has 0 spiro atoms. The number of benzene rings is 1.